The van der Waals surface area contributed by atoms with Gasteiger partial charge < -0.3 is 10.5 Å². The maximum atomic E-state index is 6.10. The van der Waals surface area contributed by atoms with E-state index in [4.69, 9.17) is 10.5 Å². The van der Waals surface area contributed by atoms with Crippen molar-refractivity contribution >= 4 is 10.9 Å². The van der Waals surface area contributed by atoms with E-state index in [0.717, 1.165) is 23.7 Å². The fourth-order valence-electron chi connectivity index (χ4n) is 1.78. The van der Waals surface area contributed by atoms with Crippen LogP contribution in [0.15, 0.2) is 24.3 Å². The van der Waals surface area contributed by atoms with Crippen LogP contribution in [0.1, 0.15) is 18.7 Å². The lowest BCUT2D eigenvalue weighted by atomic mass is 10.2. The number of nitrogens with zero attached hydrogens (tertiary/aromatic N) is 2. The summed E-state index contributed by atoms with van der Waals surface area (Å²) < 4.78 is 5.28. The van der Waals surface area contributed by atoms with Crippen molar-refractivity contribution in [1.82, 2.24) is 9.97 Å². The zero-order valence-electron chi connectivity index (χ0n) is 9.10. The summed E-state index contributed by atoms with van der Waals surface area (Å²) in [6.45, 7) is 0. The first-order valence-corrected chi connectivity index (χ1v) is 5.33. The number of hydrogen-bond donors (Lipinski definition) is 1. The Balaban J connectivity index is 2.26. The molecule has 82 valence electrons. The van der Waals surface area contributed by atoms with E-state index >= 15 is 0 Å². The minimum absolute atomic E-state index is 0.322. The molecular formula is C12H13N3O. The molecule has 0 aliphatic heterocycles. The van der Waals surface area contributed by atoms with E-state index in [-0.39, 0.29) is 5.54 Å². The van der Waals surface area contributed by atoms with E-state index in [1.54, 1.807) is 7.11 Å². The molecule has 0 spiro atoms. The van der Waals surface area contributed by atoms with Gasteiger partial charge in [0, 0.05) is 0 Å². The first-order valence-electron chi connectivity index (χ1n) is 5.33. The number of benzene rings is 1. The second kappa shape index (κ2) is 3.15. The van der Waals surface area contributed by atoms with Gasteiger partial charge in [0.15, 0.2) is 5.82 Å². The minimum Gasteiger partial charge on any atom is -0.480 e. The van der Waals surface area contributed by atoms with Crippen molar-refractivity contribution in [2.24, 2.45) is 5.73 Å². The summed E-state index contributed by atoms with van der Waals surface area (Å²) in [5.41, 5.74) is 6.67. The molecule has 1 fully saturated rings. The Bertz CT molecular complexity index is 549. The highest BCUT2D eigenvalue weighted by molar-refractivity contribution is 5.83. The Hall–Kier alpha value is -1.68. The van der Waals surface area contributed by atoms with Crippen LogP contribution in [-0.2, 0) is 5.54 Å². The summed E-state index contributed by atoms with van der Waals surface area (Å²) in [5.74, 6) is 1.31. The molecule has 0 amide bonds. The van der Waals surface area contributed by atoms with Crippen molar-refractivity contribution < 1.29 is 4.74 Å². The quantitative estimate of drug-likeness (QED) is 0.826. The fourth-order valence-corrected chi connectivity index (χ4v) is 1.78. The van der Waals surface area contributed by atoms with Gasteiger partial charge >= 0.3 is 0 Å². The highest BCUT2D eigenvalue weighted by atomic mass is 16.5. The van der Waals surface area contributed by atoms with Crippen molar-refractivity contribution in [3.8, 4) is 5.88 Å². The smallest absolute Gasteiger partial charge is 0.224 e. The Morgan fingerprint density at radius 2 is 2.00 bits per heavy atom. The van der Waals surface area contributed by atoms with Crippen LogP contribution in [0.5, 0.6) is 5.88 Å². The normalized spacial score (nSPS) is 17.4. The van der Waals surface area contributed by atoms with Crippen LogP contribution in [0.2, 0.25) is 0 Å². The molecule has 4 nitrogen and oxygen atoms in total. The maximum absolute atomic E-state index is 6.10. The summed E-state index contributed by atoms with van der Waals surface area (Å²) >= 11 is 0. The summed E-state index contributed by atoms with van der Waals surface area (Å²) in [5, 5.41) is 0.929. The van der Waals surface area contributed by atoms with Crippen LogP contribution in [0.3, 0.4) is 0 Å². The Kier molecular flexibility index (Phi) is 1.88. The molecule has 1 aliphatic rings. The predicted octanol–water partition coefficient (Wildman–Crippen LogP) is 1.59. The van der Waals surface area contributed by atoms with Crippen LogP contribution >= 0.6 is 0 Å². The molecule has 1 saturated carbocycles. The molecule has 1 heterocycles. The number of hydrogen-bond acceptors (Lipinski definition) is 4. The molecule has 0 atom stereocenters. The predicted molar refractivity (Wildman–Crippen MR) is 61.2 cm³/mol. The number of aromatic nitrogens is 2. The van der Waals surface area contributed by atoms with Crippen LogP contribution in [0.4, 0.5) is 0 Å². The number of ether oxygens (including phenoxy) is 1. The monoisotopic (exact) mass is 215 g/mol. The molecule has 2 aromatic rings. The molecular weight excluding hydrogens is 202 g/mol. The van der Waals surface area contributed by atoms with Gasteiger partial charge in [-0.05, 0) is 25.0 Å². The molecule has 1 aromatic heterocycles. The van der Waals surface area contributed by atoms with Crippen molar-refractivity contribution in [3.05, 3.63) is 30.1 Å². The summed E-state index contributed by atoms with van der Waals surface area (Å²) in [6.07, 6.45) is 1.91. The first kappa shape index (κ1) is 9.54. The number of rotatable bonds is 2. The highest BCUT2D eigenvalue weighted by Gasteiger charge is 2.43. The number of nitrogens with two attached hydrogens (primary N) is 1. The van der Waals surface area contributed by atoms with Gasteiger partial charge in [0.25, 0.3) is 0 Å². The summed E-state index contributed by atoms with van der Waals surface area (Å²) in [4.78, 5) is 8.90. The number of para-hydroxylation sites is 1. The van der Waals surface area contributed by atoms with E-state index < -0.39 is 0 Å². The summed E-state index contributed by atoms with van der Waals surface area (Å²) in [6, 6.07) is 7.81. The molecule has 0 bridgehead atoms. The first-order chi connectivity index (χ1) is 7.73. The van der Waals surface area contributed by atoms with Crippen LogP contribution in [0.25, 0.3) is 10.9 Å². The van der Waals surface area contributed by atoms with E-state index in [1.807, 2.05) is 24.3 Å². The maximum Gasteiger partial charge on any atom is 0.224 e. The minimum atomic E-state index is -0.322. The lowest BCUT2D eigenvalue weighted by Crippen LogP contribution is -2.22. The average molecular weight is 215 g/mol. The van der Waals surface area contributed by atoms with Crippen molar-refractivity contribution in [3.63, 3.8) is 0 Å². The standard InChI is InChI=1S/C12H13N3O/c1-16-10-8-4-2-3-5-9(8)14-11(15-10)12(13)6-7-12/h2-5H,6-7,13H2,1H3. The van der Waals surface area contributed by atoms with Gasteiger partial charge in [0.05, 0.1) is 23.6 Å². The SMILES string of the molecule is COc1nc(C2(N)CC2)nc2ccccc12. The van der Waals surface area contributed by atoms with E-state index in [9.17, 15) is 0 Å². The number of methoxy groups -OCH3 is 1. The van der Waals surface area contributed by atoms with Gasteiger partial charge in [-0.15, -0.1) is 0 Å². The molecule has 2 N–H and O–H groups in total. The summed E-state index contributed by atoms with van der Waals surface area (Å²) in [7, 11) is 1.62. The van der Waals surface area contributed by atoms with Crippen LogP contribution in [-0.4, -0.2) is 17.1 Å². The van der Waals surface area contributed by atoms with Gasteiger partial charge in [-0.2, -0.15) is 4.98 Å². The van der Waals surface area contributed by atoms with Crippen LogP contribution < -0.4 is 10.5 Å². The van der Waals surface area contributed by atoms with E-state index in [0.29, 0.717) is 11.7 Å². The number of fused-ring (bicyclic) bond motifs is 1. The zero-order chi connectivity index (χ0) is 11.2. The second-order valence-corrected chi connectivity index (χ2v) is 4.23. The van der Waals surface area contributed by atoms with Gasteiger partial charge in [0.1, 0.15) is 0 Å². The Morgan fingerprint density at radius 3 is 2.69 bits per heavy atom. The molecule has 16 heavy (non-hydrogen) atoms. The van der Waals surface area contributed by atoms with Crippen LogP contribution in [0, 0.1) is 0 Å². The van der Waals surface area contributed by atoms with Gasteiger partial charge in [0.2, 0.25) is 5.88 Å². The van der Waals surface area contributed by atoms with Crippen molar-refractivity contribution in [1.29, 1.82) is 0 Å². The van der Waals surface area contributed by atoms with E-state index in [1.165, 1.54) is 0 Å². The molecule has 3 rings (SSSR count). The largest absolute Gasteiger partial charge is 0.480 e. The lowest BCUT2D eigenvalue weighted by Gasteiger charge is -2.10. The second-order valence-electron chi connectivity index (χ2n) is 4.23. The van der Waals surface area contributed by atoms with Crippen molar-refractivity contribution in [2.75, 3.05) is 7.11 Å². The van der Waals surface area contributed by atoms with E-state index in [2.05, 4.69) is 9.97 Å². The third-order valence-electron chi connectivity index (χ3n) is 3.00. The zero-order valence-corrected chi connectivity index (χ0v) is 9.10. The Labute approximate surface area is 93.5 Å². The molecule has 1 aliphatic carbocycles. The van der Waals surface area contributed by atoms with Gasteiger partial charge in [-0.25, -0.2) is 4.98 Å². The molecule has 1 aromatic carbocycles. The highest BCUT2D eigenvalue weighted by Crippen LogP contribution is 2.42. The third-order valence-corrected chi connectivity index (χ3v) is 3.00. The molecule has 4 heteroatoms. The average Bonchev–Trinajstić information content (AvgIpc) is 3.07. The van der Waals surface area contributed by atoms with Gasteiger partial charge in [-0.1, -0.05) is 12.1 Å². The topological polar surface area (TPSA) is 61.0 Å². The molecule has 0 radical (unpaired) electrons. The van der Waals surface area contributed by atoms with Gasteiger partial charge in [-0.3, -0.25) is 0 Å². The Morgan fingerprint density at radius 1 is 1.25 bits per heavy atom. The molecule has 0 unspecified atom stereocenters. The third kappa shape index (κ3) is 1.34. The fraction of sp³-hybridized carbons (Fsp3) is 0.333. The van der Waals surface area contributed by atoms with Crippen molar-refractivity contribution in [2.45, 2.75) is 18.4 Å². The molecule has 0 saturated heterocycles. The lowest BCUT2D eigenvalue weighted by molar-refractivity contribution is 0.398.